The van der Waals surface area contributed by atoms with E-state index in [1.807, 2.05) is 0 Å². The van der Waals surface area contributed by atoms with Gasteiger partial charge in [-0.3, -0.25) is 9.59 Å². The van der Waals surface area contributed by atoms with E-state index in [0.717, 1.165) is 5.92 Å². The number of carbonyl (C=O) groups is 2. The van der Waals surface area contributed by atoms with Crippen molar-refractivity contribution >= 4 is 11.9 Å². The van der Waals surface area contributed by atoms with Crippen molar-refractivity contribution in [3.05, 3.63) is 5.92 Å². The van der Waals surface area contributed by atoms with Crippen molar-refractivity contribution in [1.82, 2.24) is 0 Å². The zero-order valence-electron chi connectivity index (χ0n) is 13.7. The maximum atomic E-state index is 9.43. The predicted molar refractivity (Wildman–Crippen MR) is 77.0 cm³/mol. The molecule has 0 saturated heterocycles. The van der Waals surface area contributed by atoms with Crippen LogP contribution in [0.15, 0.2) is 0 Å². The first kappa shape index (κ1) is 24.9. The molecule has 0 saturated carbocycles. The first-order valence-corrected chi connectivity index (χ1v) is 7.07. The molecule has 0 aliphatic rings. The van der Waals surface area contributed by atoms with E-state index in [1.54, 1.807) is 5.92 Å². The minimum Gasteiger partial charge on any atom is -0.481 e. The smallest absolute Gasteiger partial charge is 0.481 e. The summed E-state index contributed by atoms with van der Waals surface area (Å²) in [5, 5.41) is 15.4. The summed E-state index contributed by atoms with van der Waals surface area (Å²) in [6.45, 7) is 9.15. The summed E-state index contributed by atoms with van der Waals surface area (Å²) < 4.78 is 0. The van der Waals surface area contributed by atoms with Gasteiger partial charge in [0.25, 0.3) is 0 Å². The Balaban J connectivity index is -0.000000312. The Labute approximate surface area is 145 Å². The molecule has 2 N–H and O–H groups in total. The molecule has 114 valence electrons. The Morgan fingerprint density at radius 1 is 1.00 bits per heavy atom. The summed E-state index contributed by atoms with van der Waals surface area (Å²) in [5.41, 5.74) is 0. The normalized spacial score (nSPS) is 9.70. The number of carboxylic acids is 2. The molecule has 0 radical (unpaired) electrons. The second kappa shape index (κ2) is 17.0. The SMILES string of the molecule is CCCCCCC[C-](C)C(C)C.O=C(O)CC(=O)O.[Na+]. The van der Waals surface area contributed by atoms with Crippen LogP contribution in [0.1, 0.15) is 72.6 Å². The van der Waals surface area contributed by atoms with Crippen LogP contribution in [-0.4, -0.2) is 22.2 Å². The average molecular weight is 296 g/mol. The van der Waals surface area contributed by atoms with Crippen LogP contribution in [-0.2, 0) is 9.59 Å². The first-order valence-electron chi connectivity index (χ1n) is 7.07. The molecule has 5 heteroatoms. The molecule has 0 fully saturated rings. The maximum absolute atomic E-state index is 9.43. The zero-order valence-corrected chi connectivity index (χ0v) is 15.7. The van der Waals surface area contributed by atoms with Crippen molar-refractivity contribution < 1.29 is 49.4 Å². The van der Waals surface area contributed by atoms with Crippen LogP contribution in [0.4, 0.5) is 0 Å². The minimum absolute atomic E-state index is 0. The van der Waals surface area contributed by atoms with Gasteiger partial charge in [-0.05, 0) is 0 Å². The number of aliphatic carboxylic acids is 2. The van der Waals surface area contributed by atoms with E-state index in [2.05, 4.69) is 27.7 Å². The number of hydrogen-bond donors (Lipinski definition) is 2. The fraction of sp³-hybridized carbons (Fsp3) is 0.800. The summed E-state index contributed by atoms with van der Waals surface area (Å²) in [6.07, 6.45) is 7.58. The van der Waals surface area contributed by atoms with E-state index in [0.29, 0.717) is 0 Å². The van der Waals surface area contributed by atoms with E-state index < -0.39 is 18.4 Å². The zero-order chi connectivity index (χ0) is 15.3. The van der Waals surface area contributed by atoms with Crippen LogP contribution in [0, 0.1) is 11.8 Å². The first-order chi connectivity index (χ1) is 8.81. The fourth-order valence-corrected chi connectivity index (χ4v) is 1.43. The van der Waals surface area contributed by atoms with Gasteiger partial charge in [-0.2, -0.15) is 19.3 Å². The summed E-state index contributed by atoms with van der Waals surface area (Å²) >= 11 is 0. The molecule has 0 aromatic heterocycles. The van der Waals surface area contributed by atoms with Gasteiger partial charge < -0.3 is 16.1 Å². The van der Waals surface area contributed by atoms with Crippen molar-refractivity contribution in [2.45, 2.75) is 72.6 Å². The Hall–Kier alpha value is -0.0600. The number of carboxylic acid groups (broad SMARTS) is 2. The molecule has 0 amide bonds. The molecule has 0 unspecified atom stereocenters. The van der Waals surface area contributed by atoms with Crippen LogP contribution < -0.4 is 29.6 Å². The fourth-order valence-electron chi connectivity index (χ4n) is 1.43. The number of unbranched alkanes of at least 4 members (excludes halogenated alkanes) is 4. The van der Waals surface area contributed by atoms with Gasteiger partial charge in [-0.15, -0.1) is 0 Å². The molecule has 0 bridgehead atoms. The molecule has 0 aromatic rings. The third-order valence-electron chi connectivity index (χ3n) is 2.96. The monoisotopic (exact) mass is 296 g/mol. The van der Waals surface area contributed by atoms with Gasteiger partial charge >= 0.3 is 41.5 Å². The van der Waals surface area contributed by atoms with Crippen molar-refractivity contribution in [2.24, 2.45) is 5.92 Å². The average Bonchev–Trinajstić information content (AvgIpc) is 2.27. The molecule has 0 heterocycles. The van der Waals surface area contributed by atoms with Gasteiger partial charge in [-0.25, -0.2) is 0 Å². The van der Waals surface area contributed by atoms with Crippen LogP contribution >= 0.6 is 0 Å². The Bertz CT molecular complexity index is 230. The third-order valence-corrected chi connectivity index (χ3v) is 2.96. The second-order valence-corrected chi connectivity index (χ2v) is 5.13. The molecule has 0 atom stereocenters. The Kier molecular flexibility index (Phi) is 21.2. The van der Waals surface area contributed by atoms with Crippen molar-refractivity contribution in [3.63, 3.8) is 0 Å². The second-order valence-electron chi connectivity index (χ2n) is 5.13. The van der Waals surface area contributed by atoms with Crippen LogP contribution in [0.25, 0.3) is 0 Å². The van der Waals surface area contributed by atoms with E-state index in [-0.39, 0.29) is 29.6 Å². The van der Waals surface area contributed by atoms with Crippen molar-refractivity contribution in [2.75, 3.05) is 0 Å². The standard InChI is InChI=1S/C12H25.C3H4O4.Na/c1-5-6-7-8-9-10-12(4)11(2)3;4-2(5)1-3(6)7;/h11H,5-10H2,1-4H3;1H2,(H,4,5)(H,6,7);/q-1;;+1. The van der Waals surface area contributed by atoms with Gasteiger partial charge in [0, 0.05) is 0 Å². The number of hydrogen-bond acceptors (Lipinski definition) is 2. The van der Waals surface area contributed by atoms with Gasteiger partial charge in [0.05, 0.1) is 0 Å². The number of rotatable bonds is 9. The molecule has 0 aliphatic heterocycles. The molecule has 0 aliphatic carbocycles. The van der Waals surface area contributed by atoms with E-state index in [1.165, 1.54) is 38.5 Å². The van der Waals surface area contributed by atoms with Gasteiger partial charge in [0.15, 0.2) is 0 Å². The Morgan fingerprint density at radius 2 is 1.45 bits per heavy atom. The largest absolute Gasteiger partial charge is 1.00 e. The summed E-state index contributed by atoms with van der Waals surface area (Å²) in [5.74, 6) is -0.164. The van der Waals surface area contributed by atoms with Crippen molar-refractivity contribution in [1.29, 1.82) is 0 Å². The van der Waals surface area contributed by atoms with Gasteiger partial charge in [0.1, 0.15) is 6.42 Å². The van der Waals surface area contributed by atoms with E-state index >= 15 is 0 Å². The Morgan fingerprint density at radius 3 is 1.75 bits per heavy atom. The van der Waals surface area contributed by atoms with Crippen molar-refractivity contribution in [3.8, 4) is 0 Å². The van der Waals surface area contributed by atoms with Crippen LogP contribution in [0.2, 0.25) is 0 Å². The molecule has 4 nitrogen and oxygen atoms in total. The third kappa shape index (κ3) is 23.1. The van der Waals surface area contributed by atoms with Gasteiger partial charge in [-0.1, -0.05) is 52.9 Å². The molecule has 0 aromatic carbocycles. The predicted octanol–water partition coefficient (Wildman–Crippen LogP) is 1.15. The molecule has 0 rings (SSSR count). The molecule has 0 spiro atoms. The molecule has 20 heavy (non-hydrogen) atoms. The van der Waals surface area contributed by atoms with E-state index in [4.69, 9.17) is 10.2 Å². The maximum Gasteiger partial charge on any atom is 1.00 e. The van der Waals surface area contributed by atoms with E-state index in [9.17, 15) is 9.59 Å². The quantitative estimate of drug-likeness (QED) is 0.290. The molecular formula is C15H29NaO4. The summed E-state index contributed by atoms with van der Waals surface area (Å²) in [7, 11) is 0. The minimum atomic E-state index is -1.31. The van der Waals surface area contributed by atoms with Crippen LogP contribution in [0.3, 0.4) is 0 Å². The van der Waals surface area contributed by atoms with Crippen LogP contribution in [0.5, 0.6) is 0 Å². The summed E-state index contributed by atoms with van der Waals surface area (Å²) in [4.78, 5) is 18.9. The van der Waals surface area contributed by atoms with Gasteiger partial charge in [0.2, 0.25) is 0 Å². The topological polar surface area (TPSA) is 74.6 Å². The molecular weight excluding hydrogens is 267 g/mol. The summed E-state index contributed by atoms with van der Waals surface area (Å²) in [6, 6.07) is 0.